The number of hydrogen-bond donors (Lipinski definition) is 1. The molecule has 1 aliphatic heterocycles. The molecule has 0 radical (unpaired) electrons. The van der Waals surface area contributed by atoms with Gasteiger partial charge in [0, 0.05) is 18.2 Å². The zero-order chi connectivity index (χ0) is 24.1. The summed E-state index contributed by atoms with van der Waals surface area (Å²) in [6.45, 7) is 3.38. The maximum atomic E-state index is 11.5. The first kappa shape index (κ1) is 21.6. The van der Waals surface area contributed by atoms with Gasteiger partial charge in [-0.2, -0.15) is 5.26 Å². The van der Waals surface area contributed by atoms with Gasteiger partial charge in [-0.1, -0.05) is 42.5 Å². The van der Waals surface area contributed by atoms with Gasteiger partial charge in [0.15, 0.2) is 5.58 Å². The van der Waals surface area contributed by atoms with E-state index in [9.17, 15) is 15.2 Å². The molecule has 0 bridgehead atoms. The molecule has 1 saturated heterocycles. The number of aliphatic carboxylic acids is 1. The quantitative estimate of drug-likeness (QED) is 0.415. The highest BCUT2D eigenvalue weighted by Crippen LogP contribution is 2.43. The summed E-state index contributed by atoms with van der Waals surface area (Å²) in [5.41, 5.74) is 8.12. The fourth-order valence-corrected chi connectivity index (χ4v) is 5.81. The lowest BCUT2D eigenvalue weighted by atomic mass is 9.96. The SMILES string of the molecule is Cc1c(-c2ccccc2)cccc1-c1nc2cc3c(c(C#N)c2o1)CCC3N1CCC(C(=O)O)C1. The Bertz CT molecular complexity index is 1500. The molecule has 6 heteroatoms. The van der Waals surface area contributed by atoms with Crippen LogP contribution in [0.5, 0.6) is 0 Å². The Morgan fingerprint density at radius 1 is 1.14 bits per heavy atom. The van der Waals surface area contributed by atoms with Crippen molar-refractivity contribution in [2.75, 3.05) is 13.1 Å². The lowest BCUT2D eigenvalue weighted by Gasteiger charge is -2.24. The average Bonchev–Trinajstić information content (AvgIpc) is 3.61. The maximum absolute atomic E-state index is 11.5. The van der Waals surface area contributed by atoms with Gasteiger partial charge in [-0.05, 0) is 72.7 Å². The number of aromatic nitrogens is 1. The van der Waals surface area contributed by atoms with Crippen molar-refractivity contribution >= 4 is 17.1 Å². The number of benzene rings is 3. The highest BCUT2D eigenvalue weighted by molar-refractivity contribution is 5.86. The van der Waals surface area contributed by atoms with Gasteiger partial charge >= 0.3 is 5.97 Å². The van der Waals surface area contributed by atoms with Crippen molar-refractivity contribution in [3.63, 3.8) is 0 Å². The van der Waals surface area contributed by atoms with Gasteiger partial charge in [0.1, 0.15) is 17.1 Å². The molecule has 2 heterocycles. The molecule has 0 amide bonds. The third-order valence-corrected chi connectivity index (χ3v) is 7.62. The molecule has 1 N–H and O–H groups in total. The summed E-state index contributed by atoms with van der Waals surface area (Å²) in [5, 5.41) is 19.5. The Balaban J connectivity index is 1.43. The number of nitriles is 1. The predicted octanol–water partition coefficient (Wildman–Crippen LogP) is 5.74. The summed E-state index contributed by atoms with van der Waals surface area (Å²) in [7, 11) is 0. The smallest absolute Gasteiger partial charge is 0.307 e. The monoisotopic (exact) mass is 463 g/mol. The van der Waals surface area contributed by atoms with Gasteiger partial charge < -0.3 is 9.52 Å². The van der Waals surface area contributed by atoms with Crippen LogP contribution in [-0.2, 0) is 11.2 Å². The van der Waals surface area contributed by atoms with E-state index in [-0.39, 0.29) is 12.0 Å². The van der Waals surface area contributed by atoms with E-state index in [4.69, 9.17) is 9.40 Å². The van der Waals surface area contributed by atoms with Crippen LogP contribution in [0.25, 0.3) is 33.7 Å². The molecular formula is C29H25N3O3. The first-order valence-corrected chi connectivity index (χ1v) is 12.0. The third kappa shape index (κ3) is 3.51. The van der Waals surface area contributed by atoms with Crippen LogP contribution in [0.2, 0.25) is 0 Å². The Hall–Kier alpha value is -3.95. The third-order valence-electron chi connectivity index (χ3n) is 7.62. The Morgan fingerprint density at radius 2 is 1.94 bits per heavy atom. The van der Waals surface area contributed by atoms with E-state index in [1.54, 1.807) is 0 Å². The van der Waals surface area contributed by atoms with Crippen molar-refractivity contribution in [2.45, 2.75) is 32.2 Å². The maximum Gasteiger partial charge on any atom is 0.307 e. The summed E-state index contributed by atoms with van der Waals surface area (Å²) >= 11 is 0. The molecule has 4 aromatic rings. The number of nitrogens with zero attached hydrogens (tertiary/aromatic N) is 3. The minimum atomic E-state index is -0.729. The van der Waals surface area contributed by atoms with Gasteiger partial charge in [0.05, 0.1) is 5.92 Å². The second kappa shape index (κ2) is 8.37. The number of fused-ring (bicyclic) bond motifs is 2. The van der Waals surface area contributed by atoms with Crippen molar-refractivity contribution in [1.82, 2.24) is 9.88 Å². The Morgan fingerprint density at radius 3 is 2.69 bits per heavy atom. The molecule has 0 saturated carbocycles. The van der Waals surface area contributed by atoms with Crippen LogP contribution in [0.4, 0.5) is 0 Å². The molecule has 0 spiro atoms. The highest BCUT2D eigenvalue weighted by Gasteiger charge is 2.37. The van der Waals surface area contributed by atoms with Crippen molar-refractivity contribution < 1.29 is 14.3 Å². The Kier molecular flexibility index (Phi) is 5.16. The van der Waals surface area contributed by atoms with Crippen LogP contribution in [0.1, 0.15) is 41.1 Å². The predicted molar refractivity (Wildman–Crippen MR) is 133 cm³/mol. The number of carboxylic acid groups (broad SMARTS) is 1. The minimum absolute atomic E-state index is 0.120. The molecule has 1 fully saturated rings. The highest BCUT2D eigenvalue weighted by atomic mass is 16.4. The van der Waals surface area contributed by atoms with Crippen LogP contribution in [0.15, 0.2) is 59.0 Å². The van der Waals surface area contributed by atoms with Crippen LogP contribution in [0.3, 0.4) is 0 Å². The summed E-state index contributed by atoms with van der Waals surface area (Å²) in [6.07, 6.45) is 2.33. The van der Waals surface area contributed by atoms with Crippen LogP contribution in [-0.4, -0.2) is 34.0 Å². The standard InChI is InChI=1S/C29H25N3O3/c1-17-20(18-6-3-2-4-7-18)8-5-9-21(17)28-31-25-14-23-22(24(15-30)27(25)35-28)10-11-26(23)32-13-12-19(16-32)29(33)34/h2-9,14,19,26H,10-13,16H2,1H3,(H,33,34). The molecule has 2 atom stereocenters. The number of rotatable bonds is 4. The summed E-state index contributed by atoms with van der Waals surface area (Å²) < 4.78 is 6.26. The summed E-state index contributed by atoms with van der Waals surface area (Å²) in [6, 6.07) is 20.9. The molecule has 1 aliphatic carbocycles. The minimum Gasteiger partial charge on any atom is -0.481 e. The second-order valence-electron chi connectivity index (χ2n) is 9.52. The molecule has 6 rings (SSSR count). The van der Waals surface area contributed by atoms with Crippen molar-refractivity contribution in [2.24, 2.45) is 5.92 Å². The Labute approximate surface area is 203 Å². The number of carbonyl (C=O) groups is 1. The normalized spacial score (nSPS) is 19.7. The van der Waals surface area contributed by atoms with Crippen LogP contribution in [0, 0.1) is 24.2 Å². The van der Waals surface area contributed by atoms with Gasteiger partial charge in [-0.3, -0.25) is 9.69 Å². The van der Waals surface area contributed by atoms with E-state index in [1.807, 2.05) is 30.3 Å². The zero-order valence-electron chi connectivity index (χ0n) is 19.5. The average molecular weight is 464 g/mol. The zero-order valence-corrected chi connectivity index (χ0v) is 19.5. The van der Waals surface area contributed by atoms with E-state index in [0.717, 1.165) is 52.8 Å². The topological polar surface area (TPSA) is 90.4 Å². The van der Waals surface area contributed by atoms with E-state index in [2.05, 4.69) is 42.2 Å². The fraction of sp³-hybridized carbons (Fsp3) is 0.276. The molecule has 2 unspecified atom stereocenters. The molecule has 1 aromatic heterocycles. The fourth-order valence-electron chi connectivity index (χ4n) is 5.81. The first-order valence-electron chi connectivity index (χ1n) is 12.0. The van der Waals surface area contributed by atoms with Gasteiger partial charge in [0.2, 0.25) is 5.89 Å². The lowest BCUT2D eigenvalue weighted by Crippen LogP contribution is -2.26. The van der Waals surface area contributed by atoms with Crippen molar-refractivity contribution in [1.29, 1.82) is 5.26 Å². The molecule has 2 aliphatic rings. The number of oxazole rings is 1. The van der Waals surface area contributed by atoms with Crippen LogP contribution >= 0.6 is 0 Å². The van der Waals surface area contributed by atoms with Crippen molar-refractivity contribution in [3.05, 3.63) is 76.9 Å². The van der Waals surface area contributed by atoms with Gasteiger partial charge in [0.25, 0.3) is 0 Å². The van der Waals surface area contributed by atoms with E-state index in [1.165, 1.54) is 0 Å². The second-order valence-corrected chi connectivity index (χ2v) is 9.52. The number of carboxylic acids is 1. The molecular weight excluding hydrogens is 438 g/mol. The number of likely N-dealkylation sites (tertiary alicyclic amines) is 1. The first-order chi connectivity index (χ1) is 17.0. The largest absolute Gasteiger partial charge is 0.481 e. The van der Waals surface area contributed by atoms with Crippen LogP contribution < -0.4 is 0 Å². The molecule has 174 valence electrons. The van der Waals surface area contributed by atoms with Crippen molar-refractivity contribution in [3.8, 4) is 28.7 Å². The summed E-state index contributed by atoms with van der Waals surface area (Å²) in [4.78, 5) is 18.6. The van der Waals surface area contributed by atoms with Gasteiger partial charge in [-0.15, -0.1) is 0 Å². The molecule has 35 heavy (non-hydrogen) atoms. The lowest BCUT2D eigenvalue weighted by molar-refractivity contribution is -0.141. The number of hydrogen-bond acceptors (Lipinski definition) is 5. The summed E-state index contributed by atoms with van der Waals surface area (Å²) in [5.74, 6) is -0.538. The molecule has 3 aromatic carbocycles. The molecule has 6 nitrogen and oxygen atoms in total. The van der Waals surface area contributed by atoms with E-state index >= 15 is 0 Å². The van der Waals surface area contributed by atoms with E-state index in [0.29, 0.717) is 35.5 Å². The van der Waals surface area contributed by atoms with E-state index < -0.39 is 5.97 Å². The van der Waals surface area contributed by atoms with Gasteiger partial charge in [-0.25, -0.2) is 4.98 Å².